The maximum atomic E-state index is 3.87. The van der Waals surface area contributed by atoms with Crippen LogP contribution in [0.15, 0.2) is 24.3 Å². The van der Waals surface area contributed by atoms with Gasteiger partial charge in [0.05, 0.1) is 0 Å². The van der Waals surface area contributed by atoms with E-state index in [1.54, 1.807) is 5.56 Å². The van der Waals surface area contributed by atoms with Crippen LogP contribution in [0.5, 0.6) is 0 Å². The summed E-state index contributed by atoms with van der Waals surface area (Å²) in [6.07, 6.45) is 8.48. The molecule has 0 heterocycles. The molecule has 2 saturated carbocycles. The van der Waals surface area contributed by atoms with Gasteiger partial charge in [0, 0.05) is 4.83 Å². The molecule has 98 valence electrons. The van der Waals surface area contributed by atoms with Crippen molar-refractivity contribution < 1.29 is 0 Å². The van der Waals surface area contributed by atoms with Crippen LogP contribution in [0.3, 0.4) is 0 Å². The van der Waals surface area contributed by atoms with Crippen molar-refractivity contribution in [1.82, 2.24) is 0 Å². The summed E-state index contributed by atoms with van der Waals surface area (Å²) in [5.74, 6) is 2.61. The highest BCUT2D eigenvalue weighted by Crippen LogP contribution is 2.51. The van der Waals surface area contributed by atoms with Gasteiger partial charge in [0.2, 0.25) is 0 Å². The predicted octanol–water partition coefficient (Wildman–Crippen LogP) is 5.83. The summed E-state index contributed by atoms with van der Waals surface area (Å²) in [5.41, 5.74) is 3.05. The van der Waals surface area contributed by atoms with E-state index >= 15 is 0 Å². The third-order valence-corrected chi connectivity index (χ3v) is 6.09. The van der Waals surface area contributed by atoms with Gasteiger partial charge in [-0.2, -0.15) is 0 Å². The Morgan fingerprint density at radius 2 is 1.67 bits per heavy atom. The first-order valence-electron chi connectivity index (χ1n) is 7.49. The summed E-state index contributed by atoms with van der Waals surface area (Å²) in [7, 11) is 0. The van der Waals surface area contributed by atoms with Crippen molar-refractivity contribution >= 4 is 15.9 Å². The third-order valence-electron chi connectivity index (χ3n) is 4.88. The molecule has 0 nitrogen and oxygen atoms in total. The van der Waals surface area contributed by atoms with E-state index in [9.17, 15) is 0 Å². The molecule has 0 bridgehead atoms. The van der Waals surface area contributed by atoms with Gasteiger partial charge in [0.25, 0.3) is 0 Å². The Labute approximate surface area is 119 Å². The number of alkyl halides is 1. The molecule has 3 atom stereocenters. The zero-order valence-corrected chi connectivity index (χ0v) is 12.8. The molecule has 0 spiro atoms. The van der Waals surface area contributed by atoms with Crippen molar-refractivity contribution in [2.45, 2.75) is 56.2 Å². The second-order valence-electron chi connectivity index (χ2n) is 6.28. The van der Waals surface area contributed by atoms with Crippen molar-refractivity contribution in [2.75, 3.05) is 0 Å². The van der Waals surface area contributed by atoms with E-state index in [2.05, 4.69) is 47.1 Å². The van der Waals surface area contributed by atoms with Crippen molar-refractivity contribution in [2.24, 2.45) is 11.8 Å². The fraction of sp³-hybridized carbons (Fsp3) is 0.647. The van der Waals surface area contributed by atoms with Gasteiger partial charge in [0.15, 0.2) is 0 Å². The first-order chi connectivity index (χ1) is 8.75. The van der Waals surface area contributed by atoms with Crippen LogP contribution in [0.2, 0.25) is 0 Å². The first kappa shape index (κ1) is 12.7. The molecule has 0 aromatic heterocycles. The largest absolute Gasteiger partial charge is 0.0836 e. The van der Waals surface area contributed by atoms with Crippen LogP contribution >= 0.6 is 15.9 Å². The maximum Gasteiger partial charge on any atom is 0.0426 e. The summed E-state index contributed by atoms with van der Waals surface area (Å²) >= 11 is 3.87. The second-order valence-corrected chi connectivity index (χ2v) is 7.27. The molecule has 0 aliphatic heterocycles. The van der Waals surface area contributed by atoms with E-state index in [0.717, 1.165) is 17.8 Å². The minimum Gasteiger partial charge on any atom is -0.0836 e. The van der Waals surface area contributed by atoms with Crippen LogP contribution in [-0.2, 0) is 0 Å². The zero-order chi connectivity index (χ0) is 12.5. The quantitative estimate of drug-likeness (QED) is 0.617. The van der Waals surface area contributed by atoms with E-state index < -0.39 is 0 Å². The molecule has 1 aromatic rings. The molecule has 0 saturated heterocycles. The first-order valence-corrected chi connectivity index (χ1v) is 8.41. The molecular weight excluding hydrogens is 284 g/mol. The van der Waals surface area contributed by atoms with Gasteiger partial charge < -0.3 is 0 Å². The van der Waals surface area contributed by atoms with E-state index in [1.165, 1.54) is 44.1 Å². The van der Waals surface area contributed by atoms with Crippen LogP contribution in [0.4, 0.5) is 0 Å². The third kappa shape index (κ3) is 2.66. The minimum absolute atomic E-state index is 0.577. The Balaban J connectivity index is 1.68. The molecule has 0 radical (unpaired) electrons. The van der Waals surface area contributed by atoms with Crippen LogP contribution < -0.4 is 0 Å². The Bertz CT molecular complexity index is 368. The standard InChI is InChI=1S/C17H23Br/c1-12-11-16(12)17(18)15-9-7-14(8-10-15)13-5-3-2-4-6-13/h7-10,12-13,16-17H,2-6,11H2,1H3. The molecule has 18 heavy (non-hydrogen) atoms. The molecule has 3 rings (SSSR count). The van der Waals surface area contributed by atoms with Gasteiger partial charge in [-0.3, -0.25) is 0 Å². The van der Waals surface area contributed by atoms with E-state index in [-0.39, 0.29) is 0 Å². The van der Waals surface area contributed by atoms with Gasteiger partial charge in [-0.25, -0.2) is 0 Å². The minimum atomic E-state index is 0.577. The lowest BCUT2D eigenvalue weighted by Gasteiger charge is -2.22. The lowest BCUT2D eigenvalue weighted by atomic mass is 9.84. The highest BCUT2D eigenvalue weighted by atomic mass is 79.9. The van der Waals surface area contributed by atoms with Gasteiger partial charge in [-0.1, -0.05) is 66.4 Å². The number of hydrogen-bond donors (Lipinski definition) is 0. The van der Waals surface area contributed by atoms with Crippen LogP contribution in [0.1, 0.15) is 67.3 Å². The number of benzene rings is 1. The molecule has 0 N–H and O–H groups in total. The van der Waals surface area contributed by atoms with E-state index in [4.69, 9.17) is 0 Å². The highest BCUT2D eigenvalue weighted by molar-refractivity contribution is 9.09. The zero-order valence-electron chi connectivity index (χ0n) is 11.2. The Kier molecular flexibility index (Phi) is 3.79. The van der Waals surface area contributed by atoms with Crippen LogP contribution in [0.25, 0.3) is 0 Å². The second kappa shape index (κ2) is 5.36. The normalized spacial score (nSPS) is 30.1. The fourth-order valence-electron chi connectivity index (χ4n) is 3.39. The van der Waals surface area contributed by atoms with Gasteiger partial charge in [0.1, 0.15) is 0 Å². The van der Waals surface area contributed by atoms with E-state index in [0.29, 0.717) is 4.83 Å². The summed E-state index contributed by atoms with van der Waals surface area (Å²) in [6, 6.07) is 9.47. The smallest absolute Gasteiger partial charge is 0.0426 e. The van der Waals surface area contributed by atoms with Gasteiger partial charge >= 0.3 is 0 Å². The van der Waals surface area contributed by atoms with Crippen molar-refractivity contribution in [3.8, 4) is 0 Å². The fourth-order valence-corrected chi connectivity index (χ4v) is 4.44. The highest BCUT2D eigenvalue weighted by Gasteiger charge is 2.38. The Hall–Kier alpha value is -0.300. The topological polar surface area (TPSA) is 0 Å². The van der Waals surface area contributed by atoms with Crippen LogP contribution in [0, 0.1) is 11.8 Å². The molecular formula is C17H23Br. The number of halogens is 1. The number of rotatable bonds is 3. The molecule has 0 amide bonds. The molecule has 1 heteroatoms. The number of hydrogen-bond acceptors (Lipinski definition) is 0. The van der Waals surface area contributed by atoms with Crippen LogP contribution in [-0.4, -0.2) is 0 Å². The predicted molar refractivity (Wildman–Crippen MR) is 81.2 cm³/mol. The summed E-state index contributed by atoms with van der Waals surface area (Å²) in [5, 5.41) is 0. The van der Waals surface area contributed by atoms with Crippen molar-refractivity contribution in [3.05, 3.63) is 35.4 Å². The Morgan fingerprint density at radius 3 is 2.22 bits per heavy atom. The molecule has 2 aliphatic carbocycles. The molecule has 2 fully saturated rings. The van der Waals surface area contributed by atoms with E-state index in [1.807, 2.05) is 0 Å². The van der Waals surface area contributed by atoms with Crippen molar-refractivity contribution in [1.29, 1.82) is 0 Å². The summed E-state index contributed by atoms with van der Waals surface area (Å²) in [6.45, 7) is 2.36. The van der Waals surface area contributed by atoms with Gasteiger partial charge in [-0.05, 0) is 48.1 Å². The maximum absolute atomic E-state index is 3.87. The molecule has 2 aliphatic rings. The van der Waals surface area contributed by atoms with Gasteiger partial charge in [-0.15, -0.1) is 0 Å². The molecule has 1 aromatic carbocycles. The summed E-state index contributed by atoms with van der Waals surface area (Å²) < 4.78 is 0. The molecule has 3 unspecified atom stereocenters. The lowest BCUT2D eigenvalue weighted by Crippen LogP contribution is -2.04. The average Bonchev–Trinajstić information content (AvgIpc) is 3.16. The summed E-state index contributed by atoms with van der Waals surface area (Å²) in [4.78, 5) is 0.577. The monoisotopic (exact) mass is 306 g/mol. The lowest BCUT2D eigenvalue weighted by molar-refractivity contribution is 0.443. The average molecular weight is 307 g/mol. The Morgan fingerprint density at radius 1 is 1.06 bits per heavy atom. The van der Waals surface area contributed by atoms with Crippen molar-refractivity contribution in [3.63, 3.8) is 0 Å². The SMILES string of the molecule is CC1CC1C(Br)c1ccc(C2CCCCC2)cc1.